The van der Waals surface area contributed by atoms with E-state index in [2.05, 4.69) is 24.6 Å². The molecule has 0 aromatic heterocycles. The Kier molecular flexibility index (Phi) is 2.83. The maximum absolute atomic E-state index is 5.77. The number of nitrogens with two attached hydrogens (primary N) is 1. The van der Waals surface area contributed by atoms with Gasteiger partial charge in [0.25, 0.3) is 0 Å². The van der Waals surface area contributed by atoms with Crippen LogP contribution in [0.4, 0.5) is 11.4 Å². The summed E-state index contributed by atoms with van der Waals surface area (Å²) in [5.74, 6) is 0. The Balaban J connectivity index is 2.01. The molecule has 2 nitrogen and oxygen atoms in total. The van der Waals surface area contributed by atoms with Crippen molar-refractivity contribution >= 4 is 23.1 Å². The van der Waals surface area contributed by atoms with E-state index in [0.717, 1.165) is 12.2 Å². The van der Waals surface area contributed by atoms with E-state index in [9.17, 15) is 0 Å². The maximum Gasteiger partial charge on any atom is 0.0391 e. The van der Waals surface area contributed by atoms with Gasteiger partial charge in [-0.05, 0) is 43.7 Å². The van der Waals surface area contributed by atoms with Crippen molar-refractivity contribution in [1.82, 2.24) is 0 Å². The lowest BCUT2D eigenvalue weighted by Crippen LogP contribution is -2.17. The van der Waals surface area contributed by atoms with Crippen molar-refractivity contribution < 1.29 is 0 Å². The van der Waals surface area contributed by atoms with Crippen molar-refractivity contribution in [3.8, 4) is 0 Å². The Morgan fingerprint density at radius 1 is 1.47 bits per heavy atom. The average molecular weight is 222 g/mol. The van der Waals surface area contributed by atoms with Gasteiger partial charge in [-0.1, -0.05) is 6.07 Å². The zero-order valence-electron chi connectivity index (χ0n) is 9.34. The lowest BCUT2D eigenvalue weighted by molar-refractivity contribution is 0.947. The second-order valence-corrected chi connectivity index (χ2v) is 5.59. The number of anilines is 2. The van der Waals surface area contributed by atoms with Gasteiger partial charge in [0.15, 0.2) is 0 Å². The molecule has 0 aliphatic heterocycles. The Labute approximate surface area is 95.6 Å². The number of aryl methyl sites for hydroxylation is 1. The smallest absolute Gasteiger partial charge is 0.0391 e. The van der Waals surface area contributed by atoms with Crippen LogP contribution in [0.25, 0.3) is 0 Å². The first kappa shape index (κ1) is 10.7. The standard InChI is InChI=1S/C12H18N2S/c1-9-3-4-10(13)7-11(9)14-8-12(15-2)5-6-12/h3-4,7,14H,5-6,8,13H2,1-2H3. The van der Waals surface area contributed by atoms with Gasteiger partial charge in [0.2, 0.25) is 0 Å². The molecule has 3 heteroatoms. The number of benzene rings is 1. The molecule has 0 amide bonds. The summed E-state index contributed by atoms with van der Waals surface area (Å²) in [5.41, 5.74) is 9.04. The summed E-state index contributed by atoms with van der Waals surface area (Å²) in [6, 6.07) is 6.03. The normalized spacial score (nSPS) is 17.5. The summed E-state index contributed by atoms with van der Waals surface area (Å²) in [7, 11) is 0. The van der Waals surface area contributed by atoms with Crippen molar-refractivity contribution in [2.24, 2.45) is 0 Å². The van der Waals surface area contributed by atoms with Gasteiger partial charge in [-0.3, -0.25) is 0 Å². The van der Waals surface area contributed by atoms with Gasteiger partial charge >= 0.3 is 0 Å². The summed E-state index contributed by atoms with van der Waals surface area (Å²) in [5, 5.41) is 3.51. The molecule has 0 bridgehead atoms. The van der Waals surface area contributed by atoms with Gasteiger partial charge in [-0.2, -0.15) is 11.8 Å². The Morgan fingerprint density at radius 2 is 2.20 bits per heavy atom. The molecule has 3 N–H and O–H groups in total. The predicted molar refractivity (Wildman–Crippen MR) is 69.6 cm³/mol. The molecule has 1 aromatic carbocycles. The monoisotopic (exact) mass is 222 g/mol. The van der Waals surface area contributed by atoms with Crippen LogP contribution in [-0.4, -0.2) is 17.5 Å². The van der Waals surface area contributed by atoms with Gasteiger partial charge in [0.05, 0.1) is 0 Å². The number of hydrogen-bond acceptors (Lipinski definition) is 3. The number of rotatable bonds is 4. The molecule has 1 aromatic rings. The highest BCUT2D eigenvalue weighted by Gasteiger charge is 2.41. The lowest BCUT2D eigenvalue weighted by atomic mass is 10.2. The first-order valence-corrected chi connectivity index (χ1v) is 6.53. The SMILES string of the molecule is CSC1(CNc2cc(N)ccc2C)CC1. The van der Waals surface area contributed by atoms with Crippen LogP contribution in [0.1, 0.15) is 18.4 Å². The molecule has 0 heterocycles. The first-order valence-electron chi connectivity index (χ1n) is 5.30. The highest BCUT2D eigenvalue weighted by Crippen LogP contribution is 2.47. The second kappa shape index (κ2) is 3.97. The third kappa shape index (κ3) is 2.40. The minimum Gasteiger partial charge on any atom is -0.399 e. The average Bonchev–Trinajstić information content (AvgIpc) is 3.00. The molecular weight excluding hydrogens is 204 g/mol. The first-order chi connectivity index (χ1) is 7.15. The largest absolute Gasteiger partial charge is 0.399 e. The predicted octanol–water partition coefficient (Wildman–Crippen LogP) is 2.88. The molecule has 82 valence electrons. The Hall–Kier alpha value is -0.830. The van der Waals surface area contributed by atoms with Crippen LogP contribution >= 0.6 is 11.8 Å². The van der Waals surface area contributed by atoms with Crippen molar-refractivity contribution in [2.75, 3.05) is 23.9 Å². The zero-order valence-corrected chi connectivity index (χ0v) is 10.2. The molecule has 1 aliphatic rings. The Morgan fingerprint density at radius 3 is 2.80 bits per heavy atom. The van der Waals surface area contributed by atoms with Crippen LogP contribution in [0.3, 0.4) is 0 Å². The van der Waals surface area contributed by atoms with E-state index in [0.29, 0.717) is 4.75 Å². The molecular formula is C12H18N2S. The van der Waals surface area contributed by atoms with Crippen molar-refractivity contribution in [2.45, 2.75) is 24.5 Å². The summed E-state index contributed by atoms with van der Waals surface area (Å²) in [6.45, 7) is 3.17. The zero-order chi connectivity index (χ0) is 10.9. The van der Waals surface area contributed by atoms with E-state index in [1.54, 1.807) is 0 Å². The molecule has 1 fully saturated rings. The number of nitrogen functional groups attached to an aromatic ring is 1. The molecule has 2 rings (SSSR count). The van der Waals surface area contributed by atoms with E-state index < -0.39 is 0 Å². The van der Waals surface area contributed by atoms with Gasteiger partial charge in [0, 0.05) is 22.7 Å². The minimum absolute atomic E-state index is 0.497. The summed E-state index contributed by atoms with van der Waals surface area (Å²) in [6.07, 6.45) is 4.87. The second-order valence-electron chi connectivity index (χ2n) is 4.32. The van der Waals surface area contributed by atoms with E-state index in [-0.39, 0.29) is 0 Å². The molecule has 1 saturated carbocycles. The minimum atomic E-state index is 0.497. The fourth-order valence-electron chi connectivity index (χ4n) is 1.68. The van der Waals surface area contributed by atoms with Crippen molar-refractivity contribution in [3.05, 3.63) is 23.8 Å². The molecule has 0 spiro atoms. The van der Waals surface area contributed by atoms with Crippen LogP contribution in [0.5, 0.6) is 0 Å². The van der Waals surface area contributed by atoms with Crippen molar-refractivity contribution in [1.29, 1.82) is 0 Å². The third-order valence-electron chi connectivity index (χ3n) is 3.10. The lowest BCUT2D eigenvalue weighted by Gasteiger charge is -2.16. The summed E-state index contributed by atoms with van der Waals surface area (Å²) >= 11 is 1.97. The summed E-state index contributed by atoms with van der Waals surface area (Å²) < 4.78 is 0.497. The van der Waals surface area contributed by atoms with Gasteiger partial charge < -0.3 is 11.1 Å². The van der Waals surface area contributed by atoms with Crippen molar-refractivity contribution in [3.63, 3.8) is 0 Å². The third-order valence-corrected chi connectivity index (χ3v) is 4.52. The van der Waals surface area contributed by atoms with Crippen LogP contribution < -0.4 is 11.1 Å². The number of thioether (sulfide) groups is 1. The van der Waals surface area contributed by atoms with E-state index >= 15 is 0 Å². The molecule has 0 saturated heterocycles. The number of nitrogens with one attached hydrogen (secondary N) is 1. The number of hydrogen-bond donors (Lipinski definition) is 2. The van der Waals surface area contributed by atoms with Gasteiger partial charge in [-0.25, -0.2) is 0 Å². The van der Waals surface area contributed by atoms with Crippen LogP contribution in [-0.2, 0) is 0 Å². The van der Waals surface area contributed by atoms with Crippen LogP contribution in [0, 0.1) is 6.92 Å². The maximum atomic E-state index is 5.77. The van der Waals surface area contributed by atoms with E-state index in [4.69, 9.17) is 5.73 Å². The van der Waals surface area contributed by atoms with E-state index in [1.165, 1.54) is 24.1 Å². The molecule has 0 unspecified atom stereocenters. The van der Waals surface area contributed by atoms with Gasteiger partial charge in [-0.15, -0.1) is 0 Å². The summed E-state index contributed by atoms with van der Waals surface area (Å²) in [4.78, 5) is 0. The molecule has 15 heavy (non-hydrogen) atoms. The molecule has 1 aliphatic carbocycles. The quantitative estimate of drug-likeness (QED) is 0.769. The van der Waals surface area contributed by atoms with E-state index in [1.807, 2.05) is 23.9 Å². The highest BCUT2D eigenvalue weighted by molar-refractivity contribution is 8.00. The highest BCUT2D eigenvalue weighted by atomic mass is 32.2. The van der Waals surface area contributed by atoms with Crippen LogP contribution in [0.2, 0.25) is 0 Å². The van der Waals surface area contributed by atoms with Crippen LogP contribution in [0.15, 0.2) is 18.2 Å². The fourth-order valence-corrected chi connectivity index (χ4v) is 2.41. The fraction of sp³-hybridized carbons (Fsp3) is 0.500. The van der Waals surface area contributed by atoms with Gasteiger partial charge in [0.1, 0.15) is 0 Å². The molecule has 0 atom stereocenters. The molecule has 0 radical (unpaired) electrons. The Bertz CT molecular complexity index is 359. The topological polar surface area (TPSA) is 38.0 Å².